The molecule has 7 heteroatoms. The third kappa shape index (κ3) is 3.12. The molecule has 1 unspecified atom stereocenters. The van der Waals surface area contributed by atoms with Crippen LogP contribution in [0.4, 0.5) is 0 Å². The van der Waals surface area contributed by atoms with E-state index in [9.17, 15) is 8.42 Å². The molecule has 0 aliphatic carbocycles. The van der Waals surface area contributed by atoms with Gasteiger partial charge in [-0.1, -0.05) is 6.92 Å². The van der Waals surface area contributed by atoms with Gasteiger partial charge >= 0.3 is 0 Å². The molecule has 0 fully saturated rings. The van der Waals surface area contributed by atoms with E-state index < -0.39 is 9.84 Å². The molecule has 0 saturated carbocycles. The van der Waals surface area contributed by atoms with Gasteiger partial charge in [0.05, 0.1) is 17.1 Å². The molecule has 1 aromatic rings. The SMILES string of the molecule is Cc1nnc(S(=O)(=O)CC(C)CCl)nc1C. The first-order valence-corrected chi connectivity index (χ1v) is 7.02. The first-order valence-electron chi connectivity index (χ1n) is 4.83. The molecule has 1 rings (SSSR count). The standard InChI is InChI=1S/C9H14ClN3O2S/c1-6(4-10)5-16(14,15)9-11-7(2)8(3)12-13-9/h6H,4-5H2,1-3H3. The Morgan fingerprint density at radius 3 is 2.38 bits per heavy atom. The van der Waals surface area contributed by atoms with Crippen LogP contribution in [0.15, 0.2) is 5.16 Å². The molecule has 0 spiro atoms. The lowest BCUT2D eigenvalue weighted by atomic mass is 10.3. The Bertz CT molecular complexity index is 476. The van der Waals surface area contributed by atoms with Crippen molar-refractivity contribution in [2.75, 3.05) is 11.6 Å². The Morgan fingerprint density at radius 2 is 1.88 bits per heavy atom. The number of nitrogens with zero attached hydrogens (tertiary/aromatic N) is 3. The quantitative estimate of drug-likeness (QED) is 0.762. The molecule has 0 amide bonds. The topological polar surface area (TPSA) is 72.8 Å². The van der Waals surface area contributed by atoms with Crippen LogP contribution in [0, 0.1) is 19.8 Å². The van der Waals surface area contributed by atoms with Crippen LogP contribution in [-0.2, 0) is 9.84 Å². The van der Waals surface area contributed by atoms with E-state index in [1.54, 1.807) is 20.8 Å². The Labute approximate surface area is 100 Å². The van der Waals surface area contributed by atoms with Gasteiger partial charge in [0.25, 0.3) is 5.16 Å². The molecular weight excluding hydrogens is 250 g/mol. The summed E-state index contributed by atoms with van der Waals surface area (Å²) in [5.74, 6) is 0.106. The van der Waals surface area contributed by atoms with Crippen LogP contribution >= 0.6 is 11.6 Å². The molecule has 0 radical (unpaired) electrons. The Hall–Kier alpha value is -0.750. The van der Waals surface area contributed by atoms with E-state index in [0.29, 0.717) is 11.4 Å². The van der Waals surface area contributed by atoms with Crippen molar-refractivity contribution < 1.29 is 8.42 Å². The minimum Gasteiger partial charge on any atom is -0.220 e. The maximum absolute atomic E-state index is 11.8. The van der Waals surface area contributed by atoms with E-state index in [0.717, 1.165) is 0 Å². The van der Waals surface area contributed by atoms with Gasteiger partial charge in [-0.05, 0) is 19.8 Å². The van der Waals surface area contributed by atoms with E-state index in [1.165, 1.54) is 0 Å². The van der Waals surface area contributed by atoms with Gasteiger partial charge in [-0.2, -0.15) is 5.10 Å². The van der Waals surface area contributed by atoms with Gasteiger partial charge in [0.2, 0.25) is 9.84 Å². The summed E-state index contributed by atoms with van der Waals surface area (Å²) in [6.07, 6.45) is 0. The maximum Gasteiger partial charge on any atom is 0.267 e. The first kappa shape index (κ1) is 13.3. The molecule has 16 heavy (non-hydrogen) atoms. The predicted molar refractivity (Wildman–Crippen MR) is 61.2 cm³/mol. The molecule has 0 saturated heterocycles. The molecule has 0 aliphatic heterocycles. The lowest BCUT2D eigenvalue weighted by molar-refractivity contribution is 0.568. The van der Waals surface area contributed by atoms with E-state index in [-0.39, 0.29) is 22.7 Å². The van der Waals surface area contributed by atoms with Crippen molar-refractivity contribution in [1.82, 2.24) is 15.2 Å². The van der Waals surface area contributed by atoms with Crippen LogP contribution in [-0.4, -0.2) is 35.2 Å². The summed E-state index contributed by atoms with van der Waals surface area (Å²) in [5, 5.41) is 7.14. The third-order valence-corrected chi connectivity index (χ3v) is 4.38. The highest BCUT2D eigenvalue weighted by Crippen LogP contribution is 2.11. The van der Waals surface area contributed by atoms with Gasteiger partial charge in [-0.15, -0.1) is 16.7 Å². The van der Waals surface area contributed by atoms with Crippen molar-refractivity contribution in [3.8, 4) is 0 Å². The lowest BCUT2D eigenvalue weighted by Gasteiger charge is -2.07. The first-order chi connectivity index (χ1) is 7.36. The smallest absolute Gasteiger partial charge is 0.220 e. The molecule has 90 valence electrons. The number of sulfone groups is 1. The zero-order valence-corrected chi connectivity index (χ0v) is 11.0. The average Bonchev–Trinajstić information content (AvgIpc) is 2.21. The fraction of sp³-hybridized carbons (Fsp3) is 0.667. The zero-order chi connectivity index (χ0) is 12.3. The molecule has 0 aromatic carbocycles. The molecule has 1 heterocycles. The number of halogens is 1. The molecule has 0 bridgehead atoms. The molecular formula is C9H14ClN3O2S. The number of hydrogen-bond acceptors (Lipinski definition) is 5. The second-order valence-electron chi connectivity index (χ2n) is 3.81. The van der Waals surface area contributed by atoms with E-state index in [1.807, 2.05) is 0 Å². The van der Waals surface area contributed by atoms with Crippen molar-refractivity contribution in [2.24, 2.45) is 5.92 Å². The van der Waals surface area contributed by atoms with Crippen molar-refractivity contribution in [3.05, 3.63) is 11.4 Å². The minimum atomic E-state index is -3.48. The molecule has 1 atom stereocenters. The van der Waals surface area contributed by atoms with Crippen LogP contribution in [0.25, 0.3) is 0 Å². The van der Waals surface area contributed by atoms with Crippen molar-refractivity contribution in [2.45, 2.75) is 25.9 Å². The van der Waals surface area contributed by atoms with Gasteiger partial charge < -0.3 is 0 Å². The van der Waals surface area contributed by atoms with Gasteiger partial charge in [0.15, 0.2) is 0 Å². The fourth-order valence-electron chi connectivity index (χ4n) is 1.06. The monoisotopic (exact) mass is 263 g/mol. The predicted octanol–water partition coefficient (Wildman–Crippen LogP) is 1.14. The van der Waals surface area contributed by atoms with Crippen LogP contribution < -0.4 is 0 Å². The summed E-state index contributed by atoms with van der Waals surface area (Å²) in [7, 11) is -3.48. The summed E-state index contributed by atoms with van der Waals surface area (Å²) in [6.45, 7) is 5.19. The number of rotatable bonds is 4. The van der Waals surface area contributed by atoms with Crippen molar-refractivity contribution in [1.29, 1.82) is 0 Å². The number of aromatic nitrogens is 3. The van der Waals surface area contributed by atoms with Gasteiger partial charge in [-0.3, -0.25) is 0 Å². The Morgan fingerprint density at radius 1 is 1.25 bits per heavy atom. The fourth-order valence-corrected chi connectivity index (χ4v) is 2.76. The van der Waals surface area contributed by atoms with E-state index in [4.69, 9.17) is 11.6 Å². The second kappa shape index (κ2) is 5.05. The average molecular weight is 264 g/mol. The van der Waals surface area contributed by atoms with E-state index in [2.05, 4.69) is 15.2 Å². The van der Waals surface area contributed by atoms with Crippen molar-refractivity contribution >= 4 is 21.4 Å². The van der Waals surface area contributed by atoms with Gasteiger partial charge in [0, 0.05) is 5.88 Å². The summed E-state index contributed by atoms with van der Waals surface area (Å²) in [4.78, 5) is 3.93. The largest absolute Gasteiger partial charge is 0.267 e. The van der Waals surface area contributed by atoms with Crippen molar-refractivity contribution in [3.63, 3.8) is 0 Å². The number of aryl methyl sites for hydroxylation is 2. The molecule has 5 nitrogen and oxygen atoms in total. The summed E-state index contributed by atoms with van der Waals surface area (Å²) in [5.41, 5.74) is 1.21. The Kier molecular flexibility index (Phi) is 4.21. The Balaban J connectivity index is 3.03. The molecule has 0 aliphatic rings. The molecule has 1 aromatic heterocycles. The highest BCUT2D eigenvalue weighted by Gasteiger charge is 2.22. The van der Waals surface area contributed by atoms with Crippen LogP contribution in [0.2, 0.25) is 0 Å². The highest BCUT2D eigenvalue weighted by atomic mass is 35.5. The zero-order valence-electron chi connectivity index (χ0n) is 9.44. The van der Waals surface area contributed by atoms with Crippen LogP contribution in [0.3, 0.4) is 0 Å². The second-order valence-corrected chi connectivity index (χ2v) is 6.04. The number of hydrogen-bond donors (Lipinski definition) is 0. The van der Waals surface area contributed by atoms with Crippen LogP contribution in [0.5, 0.6) is 0 Å². The maximum atomic E-state index is 11.8. The number of alkyl halides is 1. The third-order valence-electron chi connectivity index (χ3n) is 2.12. The summed E-state index contributed by atoms with van der Waals surface area (Å²) < 4.78 is 23.7. The minimum absolute atomic E-state index is 0.0549. The lowest BCUT2D eigenvalue weighted by Crippen LogP contribution is -2.19. The molecule has 0 N–H and O–H groups in total. The van der Waals surface area contributed by atoms with Crippen LogP contribution in [0.1, 0.15) is 18.3 Å². The summed E-state index contributed by atoms with van der Waals surface area (Å²) in [6, 6.07) is 0. The van der Waals surface area contributed by atoms with Gasteiger partial charge in [-0.25, -0.2) is 13.4 Å². The van der Waals surface area contributed by atoms with E-state index >= 15 is 0 Å². The van der Waals surface area contributed by atoms with Gasteiger partial charge in [0.1, 0.15) is 0 Å². The summed E-state index contributed by atoms with van der Waals surface area (Å²) >= 11 is 5.58. The highest BCUT2D eigenvalue weighted by molar-refractivity contribution is 7.91. The normalized spacial score (nSPS) is 13.8.